The van der Waals surface area contributed by atoms with E-state index in [2.05, 4.69) is 11.8 Å². The molecule has 4 heteroatoms. The van der Waals surface area contributed by atoms with Gasteiger partial charge in [0, 0.05) is 25.1 Å². The largest absolute Gasteiger partial charge is 0.493 e. The van der Waals surface area contributed by atoms with E-state index in [1.165, 1.54) is 0 Å². The molecule has 1 fully saturated rings. The summed E-state index contributed by atoms with van der Waals surface area (Å²) < 4.78 is 11.1. The first-order valence-electron chi connectivity index (χ1n) is 8.34. The van der Waals surface area contributed by atoms with Gasteiger partial charge in [-0.25, -0.2) is 0 Å². The maximum Gasteiger partial charge on any atom is 0.162 e. The lowest BCUT2D eigenvalue weighted by molar-refractivity contribution is -0.117. The van der Waals surface area contributed by atoms with Gasteiger partial charge in [0.1, 0.15) is 0 Å². The van der Waals surface area contributed by atoms with Crippen LogP contribution in [-0.2, 0) is 4.79 Å². The number of ether oxygens (including phenoxy) is 2. The number of piperidine rings is 1. The Morgan fingerprint density at radius 2 is 2.09 bits per heavy atom. The molecule has 1 aliphatic heterocycles. The molecule has 0 unspecified atom stereocenters. The summed E-state index contributed by atoms with van der Waals surface area (Å²) in [7, 11) is 1.63. The lowest BCUT2D eigenvalue weighted by Crippen LogP contribution is -2.36. The van der Waals surface area contributed by atoms with E-state index < -0.39 is 0 Å². The summed E-state index contributed by atoms with van der Waals surface area (Å²) in [6.07, 6.45) is 3.77. The fraction of sp³-hybridized carbons (Fsp3) is 0.526. The Kier molecular flexibility index (Phi) is 6.22. The van der Waals surface area contributed by atoms with E-state index in [0.29, 0.717) is 17.9 Å². The molecule has 0 N–H and O–H groups in total. The van der Waals surface area contributed by atoms with Gasteiger partial charge >= 0.3 is 0 Å². The third-order valence-electron chi connectivity index (χ3n) is 3.84. The maximum atomic E-state index is 12.2. The van der Waals surface area contributed by atoms with Crippen LogP contribution in [0.5, 0.6) is 11.5 Å². The van der Waals surface area contributed by atoms with Crippen LogP contribution in [0.15, 0.2) is 23.8 Å². The summed E-state index contributed by atoms with van der Waals surface area (Å²) in [5.74, 6) is 1.67. The number of hydrogen-bond acceptors (Lipinski definition) is 4. The molecular weight excluding hydrogens is 290 g/mol. The van der Waals surface area contributed by atoms with E-state index in [9.17, 15) is 4.79 Å². The number of nitrogens with zero attached hydrogens (tertiary/aromatic N) is 1. The van der Waals surface area contributed by atoms with Gasteiger partial charge in [-0.3, -0.25) is 9.69 Å². The molecule has 2 rings (SSSR count). The molecule has 0 atom stereocenters. The Morgan fingerprint density at radius 1 is 1.30 bits per heavy atom. The average molecular weight is 317 g/mol. The van der Waals surface area contributed by atoms with Gasteiger partial charge in [-0.1, -0.05) is 13.0 Å². The molecule has 4 nitrogen and oxygen atoms in total. The minimum absolute atomic E-state index is 0.0724. The quantitative estimate of drug-likeness (QED) is 0.752. The Hall–Kier alpha value is -1.81. The average Bonchev–Trinajstić information content (AvgIpc) is 2.51. The highest BCUT2D eigenvalue weighted by atomic mass is 16.5. The predicted octanol–water partition coefficient (Wildman–Crippen LogP) is 3.55. The number of Topliss-reactive ketones (excluding diaryl/α,β-unsaturated/α-hetero) is 1. The number of methoxy groups -OCH3 is 1. The van der Waals surface area contributed by atoms with E-state index in [0.717, 1.165) is 37.2 Å². The first kappa shape index (κ1) is 17.5. The minimum Gasteiger partial charge on any atom is -0.493 e. The van der Waals surface area contributed by atoms with E-state index in [1.807, 2.05) is 38.1 Å². The highest BCUT2D eigenvalue weighted by Crippen LogP contribution is 2.30. The molecule has 1 aromatic carbocycles. The van der Waals surface area contributed by atoms with Gasteiger partial charge in [0.2, 0.25) is 0 Å². The molecule has 126 valence electrons. The van der Waals surface area contributed by atoms with Crippen LogP contribution in [0.3, 0.4) is 0 Å². The molecule has 1 aliphatic rings. The van der Waals surface area contributed by atoms with Crippen LogP contribution in [0.4, 0.5) is 0 Å². The summed E-state index contributed by atoms with van der Waals surface area (Å²) in [4.78, 5) is 14.5. The molecule has 23 heavy (non-hydrogen) atoms. The molecule has 0 spiro atoms. The van der Waals surface area contributed by atoms with Crippen molar-refractivity contribution in [2.24, 2.45) is 0 Å². The third-order valence-corrected chi connectivity index (χ3v) is 3.84. The van der Waals surface area contributed by atoms with Gasteiger partial charge in [-0.05, 0) is 50.6 Å². The van der Waals surface area contributed by atoms with E-state index in [1.54, 1.807) is 7.11 Å². The van der Waals surface area contributed by atoms with Crippen LogP contribution < -0.4 is 9.47 Å². The highest BCUT2D eigenvalue weighted by molar-refractivity contribution is 6.00. The standard InChI is InChI=1S/C19H27NO3/c1-5-9-20-10-8-17(21)16(13-20)11-15-6-7-18(22-4)19(12-15)23-14(2)3/h6-7,11-12,14H,5,8-10,13H2,1-4H3/b16-11+. The number of likely N-dealkylation sites (tertiary alicyclic amines) is 1. The lowest BCUT2D eigenvalue weighted by Gasteiger charge is -2.27. The second-order valence-corrected chi connectivity index (χ2v) is 6.20. The Morgan fingerprint density at radius 3 is 2.74 bits per heavy atom. The van der Waals surface area contributed by atoms with Gasteiger partial charge in [0.05, 0.1) is 13.2 Å². The fourth-order valence-electron chi connectivity index (χ4n) is 2.79. The lowest BCUT2D eigenvalue weighted by atomic mass is 10.00. The van der Waals surface area contributed by atoms with Crippen molar-refractivity contribution in [2.45, 2.75) is 39.7 Å². The molecule has 1 aromatic rings. The van der Waals surface area contributed by atoms with E-state index in [4.69, 9.17) is 9.47 Å². The van der Waals surface area contributed by atoms with Crippen molar-refractivity contribution in [3.8, 4) is 11.5 Å². The molecule has 0 aliphatic carbocycles. The van der Waals surface area contributed by atoms with E-state index in [-0.39, 0.29) is 11.9 Å². The smallest absolute Gasteiger partial charge is 0.162 e. The SMILES string of the molecule is CCCN1CCC(=O)/C(=C/c2ccc(OC)c(OC(C)C)c2)C1. The zero-order valence-electron chi connectivity index (χ0n) is 14.6. The Labute approximate surface area is 139 Å². The van der Waals surface area contributed by atoms with Gasteiger partial charge in [0.25, 0.3) is 0 Å². The summed E-state index contributed by atoms with van der Waals surface area (Å²) in [5, 5.41) is 0. The second-order valence-electron chi connectivity index (χ2n) is 6.20. The topological polar surface area (TPSA) is 38.8 Å². The molecule has 1 heterocycles. The normalized spacial score (nSPS) is 17.8. The second kappa shape index (κ2) is 8.16. The molecule has 0 saturated carbocycles. The summed E-state index contributed by atoms with van der Waals surface area (Å²) in [6, 6.07) is 5.80. The molecule has 0 bridgehead atoms. The first-order chi connectivity index (χ1) is 11.0. The van der Waals surface area contributed by atoms with Gasteiger partial charge < -0.3 is 9.47 Å². The van der Waals surface area contributed by atoms with Gasteiger partial charge in [-0.2, -0.15) is 0 Å². The summed E-state index contributed by atoms with van der Waals surface area (Å²) in [6.45, 7) is 8.77. The Bertz CT molecular complexity index is 578. The molecular formula is C19H27NO3. The van der Waals surface area contributed by atoms with Gasteiger partial charge in [-0.15, -0.1) is 0 Å². The number of ketones is 1. The monoisotopic (exact) mass is 317 g/mol. The van der Waals surface area contributed by atoms with Crippen LogP contribution in [0, 0.1) is 0 Å². The zero-order chi connectivity index (χ0) is 16.8. The van der Waals surface area contributed by atoms with Crippen LogP contribution in [0.25, 0.3) is 6.08 Å². The molecule has 1 saturated heterocycles. The van der Waals surface area contributed by atoms with Crippen molar-refractivity contribution in [2.75, 3.05) is 26.7 Å². The summed E-state index contributed by atoms with van der Waals surface area (Å²) in [5.41, 5.74) is 1.86. The maximum absolute atomic E-state index is 12.2. The fourth-order valence-corrected chi connectivity index (χ4v) is 2.79. The Balaban J connectivity index is 2.24. The van der Waals surface area contributed by atoms with Crippen LogP contribution in [0.2, 0.25) is 0 Å². The molecule has 0 radical (unpaired) electrons. The number of carbonyl (C=O) groups excluding carboxylic acids is 1. The number of hydrogen-bond donors (Lipinski definition) is 0. The molecule has 0 aromatic heterocycles. The first-order valence-corrected chi connectivity index (χ1v) is 8.34. The predicted molar refractivity (Wildman–Crippen MR) is 93.1 cm³/mol. The number of benzene rings is 1. The van der Waals surface area contributed by atoms with Crippen molar-refractivity contribution in [1.82, 2.24) is 4.90 Å². The highest BCUT2D eigenvalue weighted by Gasteiger charge is 2.20. The third kappa shape index (κ3) is 4.83. The van der Waals surface area contributed by atoms with Crippen molar-refractivity contribution >= 4 is 11.9 Å². The van der Waals surface area contributed by atoms with E-state index >= 15 is 0 Å². The van der Waals surface area contributed by atoms with Crippen molar-refractivity contribution in [3.05, 3.63) is 29.3 Å². The zero-order valence-corrected chi connectivity index (χ0v) is 14.6. The van der Waals surface area contributed by atoms with Gasteiger partial charge in [0.15, 0.2) is 17.3 Å². The minimum atomic E-state index is 0.0724. The van der Waals surface area contributed by atoms with Crippen molar-refractivity contribution in [1.29, 1.82) is 0 Å². The number of carbonyl (C=O) groups is 1. The van der Waals surface area contributed by atoms with Crippen LogP contribution in [0.1, 0.15) is 39.2 Å². The molecule has 0 amide bonds. The van der Waals surface area contributed by atoms with Crippen LogP contribution >= 0.6 is 0 Å². The van der Waals surface area contributed by atoms with Crippen LogP contribution in [-0.4, -0.2) is 43.5 Å². The van der Waals surface area contributed by atoms with Crippen molar-refractivity contribution in [3.63, 3.8) is 0 Å². The van der Waals surface area contributed by atoms with Crippen molar-refractivity contribution < 1.29 is 14.3 Å². The summed E-state index contributed by atoms with van der Waals surface area (Å²) >= 11 is 0. The number of rotatable bonds is 6.